The van der Waals surface area contributed by atoms with E-state index in [0.717, 1.165) is 30.4 Å². The van der Waals surface area contributed by atoms with E-state index in [0.29, 0.717) is 5.69 Å². The third-order valence-corrected chi connectivity index (χ3v) is 4.22. The summed E-state index contributed by atoms with van der Waals surface area (Å²) >= 11 is 1.33. The second-order valence-corrected chi connectivity index (χ2v) is 5.99. The number of benzene rings is 1. The molecule has 0 spiro atoms. The van der Waals surface area contributed by atoms with Gasteiger partial charge in [-0.15, -0.1) is 10.2 Å². The van der Waals surface area contributed by atoms with Gasteiger partial charge in [-0.05, 0) is 18.6 Å². The molecule has 0 radical (unpaired) electrons. The van der Waals surface area contributed by atoms with E-state index >= 15 is 0 Å². The second kappa shape index (κ2) is 8.44. The molecule has 1 aromatic carbocycles. The summed E-state index contributed by atoms with van der Waals surface area (Å²) < 4.78 is 2.03. The largest absolute Gasteiger partial charge is 0.325 e. The molecule has 0 atom stereocenters. The molecule has 2 rings (SSSR count). The average molecular weight is 349 g/mol. The number of nitrogens with one attached hydrogen (secondary N) is 1. The van der Waals surface area contributed by atoms with E-state index in [1.807, 2.05) is 11.5 Å². The van der Waals surface area contributed by atoms with Crippen LogP contribution in [0.25, 0.3) is 0 Å². The fourth-order valence-electron chi connectivity index (χ4n) is 2.13. The number of hydrogen-bond donors (Lipinski definition) is 1. The van der Waals surface area contributed by atoms with Gasteiger partial charge in [0.1, 0.15) is 5.82 Å². The lowest BCUT2D eigenvalue weighted by Gasteiger charge is -2.08. The number of anilines is 1. The lowest BCUT2D eigenvalue weighted by atomic mass is 10.3. The van der Waals surface area contributed by atoms with Gasteiger partial charge in [-0.25, -0.2) is 0 Å². The Kier molecular flexibility index (Phi) is 6.30. The number of non-ortho nitro benzene ring substituents is 1. The van der Waals surface area contributed by atoms with Crippen LogP contribution >= 0.6 is 11.8 Å². The highest BCUT2D eigenvalue weighted by atomic mass is 32.2. The van der Waals surface area contributed by atoms with Gasteiger partial charge >= 0.3 is 0 Å². The number of rotatable bonds is 8. The summed E-state index contributed by atoms with van der Waals surface area (Å²) in [5.74, 6) is 0.913. The lowest BCUT2D eigenvalue weighted by Crippen LogP contribution is -2.14. The van der Waals surface area contributed by atoms with Crippen molar-refractivity contribution in [2.45, 2.75) is 38.4 Å². The highest BCUT2D eigenvalue weighted by molar-refractivity contribution is 7.99. The Hall–Kier alpha value is -2.42. The first kappa shape index (κ1) is 17.9. The minimum Gasteiger partial charge on any atom is -0.325 e. The molecule has 24 heavy (non-hydrogen) atoms. The quantitative estimate of drug-likeness (QED) is 0.446. The van der Waals surface area contributed by atoms with E-state index in [1.54, 1.807) is 0 Å². The molecule has 1 amide bonds. The van der Waals surface area contributed by atoms with Crippen molar-refractivity contribution in [2.75, 3.05) is 11.1 Å². The van der Waals surface area contributed by atoms with Gasteiger partial charge in [-0.1, -0.05) is 25.6 Å². The highest BCUT2D eigenvalue weighted by Gasteiger charge is 2.13. The third-order valence-electron chi connectivity index (χ3n) is 3.25. The second-order valence-electron chi connectivity index (χ2n) is 5.04. The van der Waals surface area contributed by atoms with Crippen LogP contribution in [0.3, 0.4) is 0 Å². The van der Waals surface area contributed by atoms with E-state index in [-0.39, 0.29) is 17.3 Å². The van der Waals surface area contributed by atoms with Crippen molar-refractivity contribution in [3.8, 4) is 0 Å². The Balaban J connectivity index is 1.93. The minimum atomic E-state index is -0.479. The number of nitrogens with zero attached hydrogens (tertiary/aromatic N) is 4. The zero-order valence-corrected chi connectivity index (χ0v) is 14.4. The van der Waals surface area contributed by atoms with Gasteiger partial charge in [0, 0.05) is 30.8 Å². The Labute approximate surface area is 143 Å². The van der Waals surface area contributed by atoms with E-state index in [9.17, 15) is 14.9 Å². The molecule has 0 fully saturated rings. The number of nitro benzene ring substituents is 1. The van der Waals surface area contributed by atoms with Crippen LogP contribution in [0.2, 0.25) is 0 Å². The number of amides is 1. The third kappa shape index (κ3) is 4.54. The molecule has 1 N–H and O–H groups in total. The van der Waals surface area contributed by atoms with E-state index in [1.165, 1.54) is 36.0 Å². The van der Waals surface area contributed by atoms with Crippen LogP contribution in [0.5, 0.6) is 0 Å². The smallest absolute Gasteiger partial charge is 0.269 e. The fraction of sp³-hybridized carbons (Fsp3) is 0.400. The zero-order valence-electron chi connectivity index (χ0n) is 13.6. The van der Waals surface area contributed by atoms with Gasteiger partial charge < -0.3 is 9.88 Å². The molecule has 1 heterocycles. The van der Waals surface area contributed by atoms with Crippen molar-refractivity contribution in [3.63, 3.8) is 0 Å². The minimum absolute atomic E-state index is 0.0119. The van der Waals surface area contributed by atoms with Gasteiger partial charge in [0.25, 0.3) is 5.69 Å². The first-order valence-corrected chi connectivity index (χ1v) is 8.62. The number of nitro groups is 1. The number of thioether (sulfide) groups is 1. The molecular formula is C15H19N5O3S. The highest BCUT2D eigenvalue weighted by Crippen LogP contribution is 2.19. The zero-order chi connectivity index (χ0) is 17.5. The van der Waals surface area contributed by atoms with Gasteiger partial charge in [0.05, 0.1) is 10.7 Å². The van der Waals surface area contributed by atoms with E-state index < -0.39 is 4.92 Å². The molecule has 0 unspecified atom stereocenters. The van der Waals surface area contributed by atoms with Crippen molar-refractivity contribution in [2.24, 2.45) is 0 Å². The molecule has 8 nitrogen and oxygen atoms in total. The van der Waals surface area contributed by atoms with E-state index in [4.69, 9.17) is 0 Å². The number of hydrogen-bond acceptors (Lipinski definition) is 6. The summed E-state index contributed by atoms with van der Waals surface area (Å²) in [4.78, 5) is 22.2. The number of carbonyl (C=O) groups is 1. The Morgan fingerprint density at radius 1 is 1.29 bits per heavy atom. The fourth-order valence-corrected chi connectivity index (χ4v) is 2.91. The Bertz CT molecular complexity index is 714. The number of aromatic nitrogens is 3. The standard InChI is InChI=1S/C15H19N5O3S/c1-3-9-19-13(4-2)17-18-15(19)24-10-14(21)16-11-5-7-12(8-6-11)20(22)23/h5-8H,3-4,9-10H2,1-2H3,(H,16,21). The van der Waals surface area contributed by atoms with Crippen LogP contribution in [0.15, 0.2) is 29.4 Å². The normalized spacial score (nSPS) is 10.6. The SMILES string of the molecule is CCCn1c(CC)nnc1SCC(=O)Nc1ccc([N+](=O)[O-])cc1. The summed E-state index contributed by atoms with van der Waals surface area (Å²) in [5, 5.41) is 22.3. The maximum absolute atomic E-state index is 12.0. The lowest BCUT2D eigenvalue weighted by molar-refractivity contribution is -0.384. The molecule has 128 valence electrons. The van der Waals surface area contributed by atoms with Crippen LogP contribution in [-0.2, 0) is 17.8 Å². The van der Waals surface area contributed by atoms with Gasteiger partial charge in [0.2, 0.25) is 5.91 Å². The first-order valence-electron chi connectivity index (χ1n) is 7.64. The predicted octanol–water partition coefficient (Wildman–Crippen LogP) is 2.89. The van der Waals surface area contributed by atoms with Crippen LogP contribution in [0.4, 0.5) is 11.4 Å². The monoisotopic (exact) mass is 349 g/mol. The molecule has 0 saturated carbocycles. The molecule has 9 heteroatoms. The van der Waals surface area contributed by atoms with Gasteiger partial charge in [0.15, 0.2) is 5.16 Å². The van der Waals surface area contributed by atoms with E-state index in [2.05, 4.69) is 22.4 Å². The molecule has 1 aromatic heterocycles. The van der Waals surface area contributed by atoms with Gasteiger partial charge in [-0.3, -0.25) is 14.9 Å². The van der Waals surface area contributed by atoms with Crippen LogP contribution in [-0.4, -0.2) is 31.3 Å². The van der Waals surface area contributed by atoms with Crippen LogP contribution in [0.1, 0.15) is 26.1 Å². The van der Waals surface area contributed by atoms with Crippen LogP contribution in [0, 0.1) is 10.1 Å². The molecule has 2 aromatic rings. The summed E-state index contributed by atoms with van der Waals surface area (Å²) in [6, 6.07) is 5.73. The summed E-state index contributed by atoms with van der Waals surface area (Å²) in [6.07, 6.45) is 1.76. The first-order chi connectivity index (χ1) is 11.5. The average Bonchev–Trinajstić information content (AvgIpc) is 2.96. The molecule has 0 aliphatic rings. The van der Waals surface area contributed by atoms with Crippen molar-refractivity contribution in [1.29, 1.82) is 0 Å². The van der Waals surface area contributed by atoms with Crippen molar-refractivity contribution >= 4 is 29.0 Å². The molecular weight excluding hydrogens is 330 g/mol. The van der Waals surface area contributed by atoms with Gasteiger partial charge in [-0.2, -0.15) is 0 Å². The van der Waals surface area contributed by atoms with Crippen LogP contribution < -0.4 is 5.32 Å². The van der Waals surface area contributed by atoms with Crippen molar-refractivity contribution < 1.29 is 9.72 Å². The van der Waals surface area contributed by atoms with Crippen molar-refractivity contribution in [1.82, 2.24) is 14.8 Å². The molecule has 0 saturated heterocycles. The Morgan fingerprint density at radius 3 is 2.58 bits per heavy atom. The maximum Gasteiger partial charge on any atom is 0.269 e. The summed E-state index contributed by atoms with van der Waals surface area (Å²) in [5.41, 5.74) is 0.512. The molecule has 0 aliphatic carbocycles. The number of aryl methyl sites for hydroxylation is 1. The predicted molar refractivity (Wildman–Crippen MR) is 92.1 cm³/mol. The maximum atomic E-state index is 12.0. The summed E-state index contributed by atoms with van der Waals surface area (Å²) in [7, 11) is 0. The molecule has 0 aliphatic heterocycles. The number of carbonyl (C=O) groups excluding carboxylic acids is 1. The molecule has 0 bridgehead atoms. The topological polar surface area (TPSA) is 103 Å². The van der Waals surface area contributed by atoms with Crippen molar-refractivity contribution in [3.05, 3.63) is 40.2 Å². The Morgan fingerprint density at radius 2 is 2.00 bits per heavy atom. The summed E-state index contributed by atoms with van der Waals surface area (Å²) in [6.45, 7) is 4.92.